The second kappa shape index (κ2) is 4.34. The molecule has 0 spiro atoms. The van der Waals surface area contributed by atoms with Crippen molar-refractivity contribution in [2.45, 2.75) is 6.42 Å². The van der Waals surface area contributed by atoms with Gasteiger partial charge in [-0.3, -0.25) is 4.99 Å². The predicted octanol–water partition coefficient (Wildman–Crippen LogP) is 1.93. The van der Waals surface area contributed by atoms with E-state index in [1.54, 1.807) is 12.3 Å². The molecule has 0 saturated heterocycles. The van der Waals surface area contributed by atoms with Gasteiger partial charge in [-0.05, 0) is 18.2 Å². The van der Waals surface area contributed by atoms with Crippen LogP contribution in [0.5, 0.6) is 0 Å². The van der Waals surface area contributed by atoms with Gasteiger partial charge in [0.25, 0.3) is 0 Å². The van der Waals surface area contributed by atoms with Crippen molar-refractivity contribution in [1.29, 1.82) is 0 Å². The van der Waals surface area contributed by atoms with Crippen molar-refractivity contribution in [1.82, 2.24) is 0 Å². The molecular weight excluding hydrogens is 148 g/mol. The van der Waals surface area contributed by atoms with Crippen LogP contribution in [0.2, 0.25) is 0 Å². The molecule has 0 aromatic carbocycles. The molecule has 0 amide bonds. The van der Waals surface area contributed by atoms with Crippen LogP contribution in [-0.4, -0.2) is 6.21 Å². The van der Waals surface area contributed by atoms with Crippen molar-refractivity contribution >= 4 is 6.21 Å². The Morgan fingerprint density at radius 3 is 3.08 bits per heavy atom. The van der Waals surface area contributed by atoms with E-state index in [2.05, 4.69) is 17.6 Å². The molecule has 0 fully saturated rings. The molecule has 0 radical (unpaired) electrons. The molecule has 62 valence electrons. The fourth-order valence-corrected chi connectivity index (χ4v) is 0.835. The molecule has 1 aliphatic rings. The lowest BCUT2D eigenvalue weighted by Gasteiger charge is -1.98. The minimum Gasteiger partial charge on any atom is -0.399 e. The maximum Gasteiger partial charge on any atom is 0.0441 e. The fourth-order valence-electron chi connectivity index (χ4n) is 0.835. The van der Waals surface area contributed by atoms with Gasteiger partial charge in [0.05, 0.1) is 0 Å². The molecule has 0 aromatic heterocycles. The van der Waals surface area contributed by atoms with Crippen LogP contribution in [0, 0.1) is 0 Å². The summed E-state index contributed by atoms with van der Waals surface area (Å²) in [5.41, 5.74) is 6.94. The van der Waals surface area contributed by atoms with Gasteiger partial charge in [-0.15, -0.1) is 0 Å². The average Bonchev–Trinajstić information content (AvgIpc) is 2.05. The first-order valence-electron chi connectivity index (χ1n) is 3.80. The Morgan fingerprint density at radius 2 is 2.50 bits per heavy atom. The molecule has 2 nitrogen and oxygen atoms in total. The third-order valence-electron chi connectivity index (χ3n) is 1.39. The van der Waals surface area contributed by atoms with Crippen molar-refractivity contribution in [2.24, 2.45) is 10.7 Å². The number of dihydropyridines is 1. The molecule has 1 rings (SSSR count). The number of nitrogens with two attached hydrogens (primary N) is 1. The van der Waals surface area contributed by atoms with Crippen LogP contribution in [0.25, 0.3) is 0 Å². The zero-order chi connectivity index (χ0) is 8.81. The number of hydrogen-bond acceptors (Lipinski definition) is 2. The third kappa shape index (κ3) is 3.01. The van der Waals surface area contributed by atoms with E-state index in [1.165, 1.54) is 0 Å². The summed E-state index contributed by atoms with van der Waals surface area (Å²) in [4.78, 5) is 4.15. The van der Waals surface area contributed by atoms with Crippen molar-refractivity contribution in [3.05, 3.63) is 48.4 Å². The Kier molecular flexibility index (Phi) is 3.08. The Hall–Kier alpha value is -1.57. The number of allylic oxidation sites excluding steroid dienone is 5. The highest BCUT2D eigenvalue weighted by Crippen LogP contribution is 2.07. The van der Waals surface area contributed by atoms with Crippen molar-refractivity contribution in [3.63, 3.8) is 0 Å². The molecule has 0 bridgehead atoms. The molecule has 1 aliphatic heterocycles. The van der Waals surface area contributed by atoms with E-state index >= 15 is 0 Å². The summed E-state index contributed by atoms with van der Waals surface area (Å²) in [5, 5.41) is 0. The van der Waals surface area contributed by atoms with E-state index in [0.29, 0.717) is 5.70 Å². The summed E-state index contributed by atoms with van der Waals surface area (Å²) < 4.78 is 0. The molecule has 2 N–H and O–H groups in total. The fraction of sp³-hybridized carbons (Fsp3) is 0.100. The van der Waals surface area contributed by atoms with Gasteiger partial charge in [-0.2, -0.15) is 0 Å². The number of aliphatic imine (C=N–C) groups is 1. The first kappa shape index (κ1) is 8.53. The lowest BCUT2D eigenvalue weighted by atomic mass is 10.2. The van der Waals surface area contributed by atoms with Crippen molar-refractivity contribution < 1.29 is 0 Å². The number of nitrogens with zero attached hydrogens (tertiary/aromatic N) is 1. The van der Waals surface area contributed by atoms with Gasteiger partial charge >= 0.3 is 0 Å². The maximum atomic E-state index is 5.35. The summed E-state index contributed by atoms with van der Waals surface area (Å²) in [7, 11) is 0. The van der Waals surface area contributed by atoms with Gasteiger partial charge in [0.1, 0.15) is 0 Å². The molecular formula is C10H12N2. The molecule has 2 heteroatoms. The van der Waals surface area contributed by atoms with E-state index in [4.69, 9.17) is 5.73 Å². The summed E-state index contributed by atoms with van der Waals surface area (Å²) in [6.45, 7) is 3.55. The largest absolute Gasteiger partial charge is 0.399 e. The molecule has 12 heavy (non-hydrogen) atoms. The van der Waals surface area contributed by atoms with Crippen LogP contribution in [0.3, 0.4) is 0 Å². The zero-order valence-electron chi connectivity index (χ0n) is 6.90. The summed E-state index contributed by atoms with van der Waals surface area (Å²) in [5.74, 6) is 0. The lowest BCUT2D eigenvalue weighted by molar-refractivity contribution is 1.16. The average molecular weight is 160 g/mol. The monoisotopic (exact) mass is 160 g/mol. The summed E-state index contributed by atoms with van der Waals surface area (Å²) in [6.07, 6.45) is 12.2. The SMILES string of the molecule is C=C(N)/C=C\C=C1/CC=CC=N1. The highest BCUT2D eigenvalue weighted by molar-refractivity contribution is 5.73. The van der Waals surface area contributed by atoms with E-state index in [0.717, 1.165) is 12.1 Å². The summed E-state index contributed by atoms with van der Waals surface area (Å²) in [6, 6.07) is 0. The highest BCUT2D eigenvalue weighted by Gasteiger charge is 1.90. The molecule has 0 saturated carbocycles. The first-order valence-corrected chi connectivity index (χ1v) is 3.80. The molecule has 0 atom stereocenters. The van der Waals surface area contributed by atoms with Gasteiger partial charge in [-0.1, -0.05) is 18.7 Å². The van der Waals surface area contributed by atoms with E-state index in [9.17, 15) is 0 Å². The normalized spacial score (nSPS) is 19.2. The lowest BCUT2D eigenvalue weighted by Crippen LogP contribution is -1.88. The van der Waals surface area contributed by atoms with Gasteiger partial charge in [0.15, 0.2) is 0 Å². The maximum absolute atomic E-state index is 5.35. The molecule has 0 unspecified atom stereocenters. The van der Waals surface area contributed by atoms with Crippen LogP contribution in [0.4, 0.5) is 0 Å². The van der Waals surface area contributed by atoms with Crippen LogP contribution < -0.4 is 5.73 Å². The van der Waals surface area contributed by atoms with Crippen LogP contribution in [0.1, 0.15) is 6.42 Å². The van der Waals surface area contributed by atoms with E-state index in [1.807, 2.05) is 18.2 Å². The second-order valence-corrected chi connectivity index (χ2v) is 2.50. The summed E-state index contributed by atoms with van der Waals surface area (Å²) >= 11 is 0. The van der Waals surface area contributed by atoms with E-state index < -0.39 is 0 Å². The van der Waals surface area contributed by atoms with Crippen molar-refractivity contribution in [3.8, 4) is 0 Å². The standard InChI is InChI=1S/C10H12N2/c1-9(11)5-4-7-10-6-2-3-8-12-10/h2-5,7-8H,1,6,11H2/b5-4-,10-7+. The topological polar surface area (TPSA) is 38.4 Å². The molecule has 0 aliphatic carbocycles. The zero-order valence-corrected chi connectivity index (χ0v) is 6.90. The molecule has 1 heterocycles. The minimum absolute atomic E-state index is 0.558. The Balaban J connectivity index is 2.53. The van der Waals surface area contributed by atoms with Gasteiger partial charge < -0.3 is 5.73 Å². The minimum atomic E-state index is 0.558. The van der Waals surface area contributed by atoms with Gasteiger partial charge in [0.2, 0.25) is 0 Å². The molecule has 0 aromatic rings. The van der Waals surface area contributed by atoms with Crippen LogP contribution >= 0.6 is 0 Å². The number of rotatable bonds is 2. The Bertz CT molecular complexity index is 280. The quantitative estimate of drug-likeness (QED) is 0.616. The smallest absolute Gasteiger partial charge is 0.0441 e. The predicted molar refractivity (Wildman–Crippen MR) is 52.8 cm³/mol. The van der Waals surface area contributed by atoms with E-state index in [-0.39, 0.29) is 0 Å². The first-order chi connectivity index (χ1) is 5.79. The van der Waals surface area contributed by atoms with Gasteiger partial charge in [-0.25, -0.2) is 0 Å². The highest BCUT2D eigenvalue weighted by atomic mass is 14.7. The Labute approximate surface area is 72.5 Å². The van der Waals surface area contributed by atoms with Gasteiger partial charge in [0, 0.05) is 24.0 Å². The van der Waals surface area contributed by atoms with Crippen molar-refractivity contribution in [2.75, 3.05) is 0 Å². The third-order valence-corrected chi connectivity index (χ3v) is 1.39. The second-order valence-electron chi connectivity index (χ2n) is 2.50. The number of hydrogen-bond donors (Lipinski definition) is 1. The van der Waals surface area contributed by atoms with Crippen LogP contribution in [0.15, 0.2) is 53.3 Å². The Morgan fingerprint density at radius 1 is 1.67 bits per heavy atom. The van der Waals surface area contributed by atoms with Crippen LogP contribution in [-0.2, 0) is 0 Å².